The Morgan fingerprint density at radius 1 is 1.12 bits per heavy atom. The fourth-order valence-electron chi connectivity index (χ4n) is 3.23. The number of esters is 1. The second-order valence-corrected chi connectivity index (χ2v) is 7.14. The van der Waals surface area contributed by atoms with Gasteiger partial charge in [-0.05, 0) is 66.6 Å². The van der Waals surface area contributed by atoms with Crippen molar-refractivity contribution < 1.29 is 9.53 Å². The van der Waals surface area contributed by atoms with Crippen LogP contribution < -0.4 is 0 Å². The van der Waals surface area contributed by atoms with Crippen molar-refractivity contribution in [3.05, 3.63) is 59.2 Å². The van der Waals surface area contributed by atoms with Gasteiger partial charge in [0.1, 0.15) is 0 Å². The zero-order chi connectivity index (χ0) is 17.9. The first-order valence-corrected chi connectivity index (χ1v) is 8.93. The van der Waals surface area contributed by atoms with Gasteiger partial charge >= 0.3 is 5.97 Å². The average Bonchev–Trinajstić information content (AvgIpc) is 2.60. The van der Waals surface area contributed by atoms with Crippen LogP contribution in [0.4, 0.5) is 0 Å². The van der Waals surface area contributed by atoms with Crippen LogP contribution in [0.25, 0.3) is 10.8 Å². The zero-order valence-electron chi connectivity index (χ0n) is 15.2. The molecular weight excluding hydrogens is 308 g/mol. The van der Waals surface area contributed by atoms with Crippen LogP contribution in [0, 0.1) is 17.3 Å². The summed E-state index contributed by atoms with van der Waals surface area (Å²) in [5.74, 6) is 6.41. The minimum atomic E-state index is -0.278. The van der Waals surface area contributed by atoms with E-state index >= 15 is 0 Å². The lowest BCUT2D eigenvalue weighted by atomic mass is 9.76. The van der Waals surface area contributed by atoms with Crippen molar-refractivity contribution in [2.45, 2.75) is 40.0 Å². The third-order valence-electron chi connectivity index (χ3n) is 4.78. The predicted molar refractivity (Wildman–Crippen MR) is 102 cm³/mol. The van der Waals surface area contributed by atoms with E-state index in [0.717, 1.165) is 22.8 Å². The molecule has 0 aromatic heterocycles. The number of carbonyl (C=O) groups excluding carboxylic acids is 1. The van der Waals surface area contributed by atoms with E-state index in [9.17, 15) is 4.79 Å². The lowest BCUT2D eigenvalue weighted by Gasteiger charge is -2.28. The topological polar surface area (TPSA) is 26.3 Å². The Bertz CT molecular complexity index is 891. The summed E-state index contributed by atoms with van der Waals surface area (Å²) in [6, 6.07) is 11.7. The molecule has 2 heteroatoms. The van der Waals surface area contributed by atoms with Gasteiger partial charge in [-0.3, -0.25) is 0 Å². The highest BCUT2D eigenvalue weighted by Crippen LogP contribution is 2.36. The first kappa shape index (κ1) is 17.3. The average molecular weight is 332 g/mol. The van der Waals surface area contributed by atoms with E-state index in [4.69, 9.17) is 4.74 Å². The lowest BCUT2D eigenvalue weighted by Crippen LogP contribution is -2.16. The molecule has 2 nitrogen and oxygen atoms in total. The Labute approximate surface area is 149 Å². The molecule has 0 bridgehead atoms. The summed E-state index contributed by atoms with van der Waals surface area (Å²) in [6.07, 6.45) is 5.85. The van der Waals surface area contributed by atoms with Gasteiger partial charge in [0, 0.05) is 11.1 Å². The highest BCUT2D eigenvalue weighted by Gasteiger charge is 2.24. The van der Waals surface area contributed by atoms with E-state index in [1.807, 2.05) is 37.3 Å². The molecule has 0 spiro atoms. The summed E-state index contributed by atoms with van der Waals surface area (Å²) in [7, 11) is 0. The third kappa shape index (κ3) is 3.94. The van der Waals surface area contributed by atoms with Crippen LogP contribution in [0.2, 0.25) is 0 Å². The minimum Gasteiger partial charge on any atom is -0.462 e. The Kier molecular flexibility index (Phi) is 4.95. The Balaban J connectivity index is 1.88. The number of benzene rings is 2. The van der Waals surface area contributed by atoms with Crippen LogP contribution in [0.1, 0.15) is 56.0 Å². The maximum absolute atomic E-state index is 11.8. The minimum absolute atomic E-state index is 0.177. The van der Waals surface area contributed by atoms with Crippen molar-refractivity contribution >= 4 is 16.7 Å². The normalized spacial score (nSPS) is 15.9. The summed E-state index contributed by atoms with van der Waals surface area (Å²) in [4.78, 5) is 11.8. The van der Waals surface area contributed by atoms with E-state index in [0.29, 0.717) is 12.2 Å². The van der Waals surface area contributed by atoms with Gasteiger partial charge in [0.15, 0.2) is 0 Å². The van der Waals surface area contributed by atoms with Gasteiger partial charge in [-0.15, -0.1) is 0 Å². The molecule has 0 N–H and O–H groups in total. The first-order valence-electron chi connectivity index (χ1n) is 8.93. The van der Waals surface area contributed by atoms with Crippen LogP contribution in [-0.4, -0.2) is 12.6 Å². The number of hydrogen-bond acceptors (Lipinski definition) is 2. The van der Waals surface area contributed by atoms with E-state index in [-0.39, 0.29) is 11.4 Å². The van der Waals surface area contributed by atoms with Gasteiger partial charge in [-0.2, -0.15) is 0 Å². The molecule has 1 aliphatic rings. The molecular formula is C23H24O2. The summed E-state index contributed by atoms with van der Waals surface area (Å²) >= 11 is 0. The number of fused-ring (bicyclic) bond motifs is 1. The fraction of sp³-hybridized carbons (Fsp3) is 0.348. The summed E-state index contributed by atoms with van der Waals surface area (Å²) in [5.41, 5.74) is 3.01. The number of carbonyl (C=O) groups is 1. The molecule has 0 amide bonds. The Hall–Kier alpha value is -2.53. The molecule has 0 fully saturated rings. The van der Waals surface area contributed by atoms with Crippen LogP contribution in [0.5, 0.6) is 0 Å². The SMILES string of the molecule is CCOC(=O)c1ccc2cc(C#CC3=CCCCC3(C)C)ccc2c1. The van der Waals surface area contributed by atoms with E-state index in [1.54, 1.807) is 0 Å². The van der Waals surface area contributed by atoms with E-state index < -0.39 is 0 Å². The van der Waals surface area contributed by atoms with Gasteiger partial charge in [-0.25, -0.2) is 4.79 Å². The van der Waals surface area contributed by atoms with Crippen LogP contribution >= 0.6 is 0 Å². The van der Waals surface area contributed by atoms with Gasteiger partial charge in [0.25, 0.3) is 0 Å². The van der Waals surface area contributed by atoms with Gasteiger partial charge in [0.05, 0.1) is 12.2 Å². The van der Waals surface area contributed by atoms with Crippen LogP contribution in [-0.2, 0) is 4.74 Å². The molecule has 2 aromatic carbocycles. The summed E-state index contributed by atoms with van der Waals surface area (Å²) in [5, 5.41) is 2.10. The molecule has 0 heterocycles. The quantitative estimate of drug-likeness (QED) is 0.536. The van der Waals surface area contributed by atoms with Crippen molar-refractivity contribution in [3.63, 3.8) is 0 Å². The second kappa shape index (κ2) is 7.15. The molecule has 3 rings (SSSR count). The van der Waals surface area contributed by atoms with Crippen LogP contribution in [0.3, 0.4) is 0 Å². The van der Waals surface area contributed by atoms with Crippen molar-refractivity contribution in [2.75, 3.05) is 6.61 Å². The number of allylic oxidation sites excluding steroid dienone is 2. The molecule has 1 aliphatic carbocycles. The Morgan fingerprint density at radius 3 is 2.64 bits per heavy atom. The van der Waals surface area contributed by atoms with Crippen molar-refractivity contribution in [1.82, 2.24) is 0 Å². The Morgan fingerprint density at radius 2 is 1.88 bits per heavy atom. The summed E-state index contributed by atoms with van der Waals surface area (Å²) in [6.45, 7) is 6.73. The monoisotopic (exact) mass is 332 g/mol. The molecule has 25 heavy (non-hydrogen) atoms. The molecule has 2 aromatic rings. The number of rotatable bonds is 2. The van der Waals surface area contributed by atoms with Gasteiger partial charge in [0.2, 0.25) is 0 Å². The first-order chi connectivity index (χ1) is 12.0. The molecule has 0 atom stereocenters. The number of ether oxygens (including phenoxy) is 1. The third-order valence-corrected chi connectivity index (χ3v) is 4.78. The molecule has 0 aliphatic heterocycles. The van der Waals surface area contributed by atoms with Crippen molar-refractivity contribution in [2.24, 2.45) is 5.41 Å². The molecule has 0 saturated carbocycles. The number of hydrogen-bond donors (Lipinski definition) is 0. The molecule has 0 unspecified atom stereocenters. The highest BCUT2D eigenvalue weighted by atomic mass is 16.5. The smallest absolute Gasteiger partial charge is 0.338 e. The lowest BCUT2D eigenvalue weighted by molar-refractivity contribution is 0.0526. The molecule has 0 saturated heterocycles. The second-order valence-electron chi connectivity index (χ2n) is 7.14. The predicted octanol–water partition coefficient (Wildman–Crippen LogP) is 5.50. The fourth-order valence-corrected chi connectivity index (χ4v) is 3.23. The summed E-state index contributed by atoms with van der Waals surface area (Å²) < 4.78 is 5.06. The van der Waals surface area contributed by atoms with Crippen LogP contribution in [0.15, 0.2) is 48.0 Å². The van der Waals surface area contributed by atoms with Gasteiger partial charge in [-0.1, -0.05) is 43.9 Å². The zero-order valence-corrected chi connectivity index (χ0v) is 15.2. The maximum Gasteiger partial charge on any atom is 0.338 e. The highest BCUT2D eigenvalue weighted by molar-refractivity contribution is 5.95. The standard InChI is InChI=1S/C23H24O2/c1-4-25-22(24)20-12-11-18-15-17(8-10-19(18)16-20)9-13-21-7-5-6-14-23(21,2)3/h7-8,10-12,15-16H,4-6,14H2,1-3H3. The van der Waals surface area contributed by atoms with Crippen molar-refractivity contribution in [1.29, 1.82) is 0 Å². The van der Waals surface area contributed by atoms with E-state index in [2.05, 4.69) is 37.8 Å². The molecule has 128 valence electrons. The van der Waals surface area contributed by atoms with Gasteiger partial charge < -0.3 is 4.74 Å². The molecule has 0 radical (unpaired) electrons. The maximum atomic E-state index is 11.8. The largest absolute Gasteiger partial charge is 0.462 e. The van der Waals surface area contributed by atoms with E-state index in [1.165, 1.54) is 18.4 Å². The van der Waals surface area contributed by atoms with Crippen molar-refractivity contribution in [3.8, 4) is 11.8 Å².